The summed E-state index contributed by atoms with van der Waals surface area (Å²) >= 11 is 0. The summed E-state index contributed by atoms with van der Waals surface area (Å²) in [5.41, 5.74) is 0. The minimum Gasteiger partial charge on any atom is -0.541 e. The van der Waals surface area contributed by atoms with E-state index in [0.717, 1.165) is 0 Å². The third-order valence-corrected chi connectivity index (χ3v) is 0.505. The van der Waals surface area contributed by atoms with E-state index in [9.17, 15) is 9.90 Å². The molecule has 0 radical (unpaired) electrons. The second-order valence-corrected chi connectivity index (χ2v) is 1.20. The van der Waals surface area contributed by atoms with E-state index < -0.39 is 11.7 Å². The molecule has 0 aromatic heterocycles. The number of carbonyl (C=O) groups excluding carboxylic acids is 1. The Morgan fingerprint density at radius 3 is 2.50 bits per heavy atom. The average Bonchev–Trinajstić information content (AvgIpc) is 1.82. The van der Waals surface area contributed by atoms with Crippen LogP contribution in [0.5, 0.6) is 0 Å². The molecule has 5 heteroatoms. The first-order valence-corrected chi connectivity index (χ1v) is 2.38. The van der Waals surface area contributed by atoms with Crippen molar-refractivity contribution in [3.05, 3.63) is 12.3 Å². The van der Waals surface area contributed by atoms with E-state index in [1.165, 1.54) is 0 Å². The molecule has 0 aliphatic carbocycles. The van der Waals surface area contributed by atoms with Crippen LogP contribution in [-0.4, -0.2) is 12.6 Å². The van der Waals surface area contributed by atoms with Gasteiger partial charge in [-0.2, -0.15) is 4.89 Å². The van der Waals surface area contributed by atoms with Crippen molar-refractivity contribution in [2.45, 2.75) is 6.92 Å². The monoisotopic (exact) mass is 170 g/mol. The van der Waals surface area contributed by atoms with Crippen molar-refractivity contribution in [2.24, 2.45) is 0 Å². The standard InChI is InChI=1S/C5H8O4.K/c1-3-8-9-4(2)5(6)7;/h2-3H2,1H3,(H,6,7);/q;+1/p-1. The molecular formula is C5H7KO4. The fraction of sp³-hybridized carbons (Fsp3) is 0.400. The smallest absolute Gasteiger partial charge is 0.541 e. The predicted octanol–water partition coefficient (Wildman–Crippen LogP) is -3.78. The Hall–Kier alpha value is 0.606. The van der Waals surface area contributed by atoms with Crippen molar-refractivity contribution < 1.29 is 71.1 Å². The Bertz CT molecular complexity index is 123. The van der Waals surface area contributed by atoms with E-state index in [-0.39, 0.29) is 58.0 Å². The average molecular weight is 170 g/mol. The first kappa shape index (κ1) is 13.2. The van der Waals surface area contributed by atoms with Gasteiger partial charge in [0.1, 0.15) is 5.97 Å². The molecule has 52 valence electrons. The van der Waals surface area contributed by atoms with Crippen LogP contribution in [0.1, 0.15) is 6.92 Å². The fourth-order valence-corrected chi connectivity index (χ4v) is 0.164. The maximum atomic E-state index is 9.79. The molecule has 0 aliphatic heterocycles. The molecule has 0 N–H and O–H groups in total. The number of rotatable bonds is 4. The minimum absolute atomic E-state index is 0. The topological polar surface area (TPSA) is 58.6 Å². The van der Waals surface area contributed by atoms with Gasteiger partial charge < -0.3 is 14.8 Å². The summed E-state index contributed by atoms with van der Waals surface area (Å²) in [5, 5.41) is 9.79. The van der Waals surface area contributed by atoms with Gasteiger partial charge in [0.2, 0.25) is 0 Å². The molecule has 0 saturated heterocycles. The molecule has 0 aromatic rings. The second kappa shape index (κ2) is 7.71. The Balaban J connectivity index is 0. The van der Waals surface area contributed by atoms with Gasteiger partial charge in [-0.1, -0.05) is 6.58 Å². The molecule has 0 unspecified atom stereocenters. The van der Waals surface area contributed by atoms with Crippen LogP contribution < -0.4 is 56.5 Å². The molecular weight excluding hydrogens is 163 g/mol. The molecule has 0 saturated carbocycles. The number of carbonyl (C=O) groups is 1. The zero-order valence-corrected chi connectivity index (χ0v) is 9.17. The molecule has 10 heavy (non-hydrogen) atoms. The molecule has 0 bridgehead atoms. The van der Waals surface area contributed by atoms with Crippen LogP contribution in [0.2, 0.25) is 0 Å². The van der Waals surface area contributed by atoms with Crippen molar-refractivity contribution >= 4 is 5.97 Å². The summed E-state index contributed by atoms with van der Waals surface area (Å²) in [5.74, 6) is -1.99. The molecule has 0 amide bonds. The molecule has 0 rings (SSSR count). The normalized spacial score (nSPS) is 7.70. The third kappa shape index (κ3) is 6.72. The maximum absolute atomic E-state index is 9.79. The number of carboxylic acids is 1. The summed E-state index contributed by atoms with van der Waals surface area (Å²) in [4.78, 5) is 18.1. The Labute approximate surface area is 102 Å². The van der Waals surface area contributed by atoms with Crippen molar-refractivity contribution in [3.63, 3.8) is 0 Å². The Morgan fingerprint density at radius 2 is 2.20 bits per heavy atom. The van der Waals surface area contributed by atoms with Crippen LogP contribution >= 0.6 is 0 Å². The first-order valence-electron chi connectivity index (χ1n) is 2.38. The van der Waals surface area contributed by atoms with Crippen LogP contribution in [0.3, 0.4) is 0 Å². The second-order valence-electron chi connectivity index (χ2n) is 1.20. The summed E-state index contributed by atoms with van der Waals surface area (Å²) in [7, 11) is 0. The zero-order chi connectivity index (χ0) is 7.28. The van der Waals surface area contributed by atoms with Gasteiger partial charge in [0.05, 0.1) is 6.61 Å². The van der Waals surface area contributed by atoms with Gasteiger partial charge in [0.15, 0.2) is 5.76 Å². The predicted molar refractivity (Wildman–Crippen MR) is 26.9 cm³/mol. The maximum Gasteiger partial charge on any atom is 1.00 e. The van der Waals surface area contributed by atoms with Gasteiger partial charge in [-0.25, -0.2) is 0 Å². The molecule has 0 heterocycles. The van der Waals surface area contributed by atoms with E-state index >= 15 is 0 Å². The summed E-state index contributed by atoms with van der Waals surface area (Å²) in [6.45, 7) is 4.91. The first-order chi connectivity index (χ1) is 4.18. The van der Waals surface area contributed by atoms with E-state index in [0.29, 0.717) is 0 Å². The van der Waals surface area contributed by atoms with Gasteiger partial charge in [-0.3, -0.25) is 0 Å². The van der Waals surface area contributed by atoms with Crippen molar-refractivity contribution in [2.75, 3.05) is 6.61 Å². The van der Waals surface area contributed by atoms with E-state index in [1.54, 1.807) is 6.92 Å². The summed E-state index contributed by atoms with van der Waals surface area (Å²) in [6.07, 6.45) is 0. The van der Waals surface area contributed by atoms with E-state index in [1.807, 2.05) is 0 Å². The van der Waals surface area contributed by atoms with Gasteiger partial charge in [0.25, 0.3) is 0 Å². The fourth-order valence-electron chi connectivity index (χ4n) is 0.164. The SMILES string of the molecule is C=C(OOCC)C(=O)[O-].[K+]. The number of aliphatic carboxylic acids is 1. The van der Waals surface area contributed by atoms with Crippen molar-refractivity contribution in [3.8, 4) is 0 Å². The largest absolute Gasteiger partial charge is 1.00 e. The molecule has 0 aromatic carbocycles. The van der Waals surface area contributed by atoms with Crippen molar-refractivity contribution in [1.82, 2.24) is 0 Å². The van der Waals surface area contributed by atoms with E-state index in [2.05, 4.69) is 16.4 Å². The van der Waals surface area contributed by atoms with Crippen LogP contribution in [-0.2, 0) is 14.6 Å². The van der Waals surface area contributed by atoms with E-state index in [4.69, 9.17) is 0 Å². The third-order valence-electron chi connectivity index (χ3n) is 0.505. The van der Waals surface area contributed by atoms with Crippen LogP contribution in [0.4, 0.5) is 0 Å². The minimum atomic E-state index is -1.47. The molecule has 0 aliphatic rings. The number of hydrogen-bond donors (Lipinski definition) is 0. The Morgan fingerprint density at radius 1 is 1.70 bits per heavy atom. The Kier molecular flexibility index (Phi) is 10.2. The molecule has 4 nitrogen and oxygen atoms in total. The zero-order valence-electron chi connectivity index (χ0n) is 6.05. The van der Waals surface area contributed by atoms with Crippen LogP contribution in [0, 0.1) is 0 Å². The summed E-state index contributed by atoms with van der Waals surface area (Å²) in [6, 6.07) is 0. The quantitative estimate of drug-likeness (QED) is 0.143. The van der Waals surface area contributed by atoms with Gasteiger partial charge >= 0.3 is 51.4 Å². The molecule has 0 atom stereocenters. The number of hydrogen-bond acceptors (Lipinski definition) is 4. The van der Waals surface area contributed by atoms with Gasteiger partial charge in [0, 0.05) is 0 Å². The number of carboxylic acid groups (broad SMARTS) is 1. The van der Waals surface area contributed by atoms with Gasteiger partial charge in [-0.15, -0.1) is 0 Å². The van der Waals surface area contributed by atoms with Crippen molar-refractivity contribution in [1.29, 1.82) is 0 Å². The van der Waals surface area contributed by atoms with Crippen LogP contribution in [0.25, 0.3) is 0 Å². The van der Waals surface area contributed by atoms with Crippen LogP contribution in [0.15, 0.2) is 12.3 Å². The summed E-state index contributed by atoms with van der Waals surface area (Å²) < 4.78 is 0. The molecule has 0 spiro atoms. The van der Waals surface area contributed by atoms with Gasteiger partial charge in [-0.05, 0) is 6.92 Å². The molecule has 0 fully saturated rings.